The summed E-state index contributed by atoms with van der Waals surface area (Å²) in [6, 6.07) is 19.7. The van der Waals surface area contributed by atoms with Gasteiger partial charge in [-0.25, -0.2) is 0 Å². The maximum atomic E-state index is 13.7. The van der Waals surface area contributed by atoms with Crippen molar-refractivity contribution in [2.45, 2.75) is 25.8 Å². The van der Waals surface area contributed by atoms with Gasteiger partial charge in [0.15, 0.2) is 16.9 Å². The lowest BCUT2D eigenvalue weighted by molar-refractivity contribution is 0.0730. The zero-order chi connectivity index (χ0) is 25.2. The van der Waals surface area contributed by atoms with Crippen LogP contribution in [0.4, 0.5) is 0 Å². The fourth-order valence-corrected chi connectivity index (χ4v) is 4.82. The van der Waals surface area contributed by atoms with Crippen LogP contribution in [-0.4, -0.2) is 31.1 Å². The van der Waals surface area contributed by atoms with E-state index < -0.39 is 6.04 Å². The Morgan fingerprint density at radius 1 is 1.00 bits per heavy atom. The first-order valence-corrected chi connectivity index (χ1v) is 12.3. The molecule has 0 saturated carbocycles. The largest absolute Gasteiger partial charge is 0.493 e. The molecule has 5 rings (SSSR count). The molecule has 3 aromatic carbocycles. The third-order valence-electron chi connectivity index (χ3n) is 6.38. The highest BCUT2D eigenvalue weighted by molar-refractivity contribution is 6.31. The molecular formula is C29H26ClNO5. The van der Waals surface area contributed by atoms with Crippen molar-refractivity contribution >= 4 is 28.5 Å². The highest BCUT2D eigenvalue weighted by atomic mass is 35.5. The van der Waals surface area contributed by atoms with Crippen molar-refractivity contribution in [3.05, 3.63) is 104 Å². The maximum absolute atomic E-state index is 13.7. The number of fused-ring (bicyclic) bond motifs is 2. The molecule has 0 bridgehead atoms. The third kappa shape index (κ3) is 4.33. The Balaban J connectivity index is 1.64. The van der Waals surface area contributed by atoms with E-state index >= 15 is 0 Å². The van der Waals surface area contributed by atoms with Crippen LogP contribution in [0.25, 0.3) is 11.0 Å². The monoisotopic (exact) mass is 503 g/mol. The average molecular weight is 504 g/mol. The smallest absolute Gasteiger partial charge is 0.290 e. The molecule has 1 atom stereocenters. The van der Waals surface area contributed by atoms with Crippen LogP contribution in [0.2, 0.25) is 5.02 Å². The highest BCUT2D eigenvalue weighted by Crippen LogP contribution is 2.41. The van der Waals surface area contributed by atoms with E-state index in [0.29, 0.717) is 52.6 Å². The Morgan fingerprint density at radius 2 is 1.81 bits per heavy atom. The summed E-state index contributed by atoms with van der Waals surface area (Å²) in [5, 5.41) is 0.773. The van der Waals surface area contributed by atoms with Crippen molar-refractivity contribution in [1.82, 2.24) is 4.90 Å². The van der Waals surface area contributed by atoms with Gasteiger partial charge in [0, 0.05) is 11.6 Å². The summed E-state index contributed by atoms with van der Waals surface area (Å²) in [5.74, 6) is 0.905. The summed E-state index contributed by atoms with van der Waals surface area (Å²) in [6.45, 7) is 2.99. The number of carbonyl (C=O) groups excluding carboxylic acids is 1. The van der Waals surface area contributed by atoms with Crippen LogP contribution in [0, 0.1) is 0 Å². The number of hydrogen-bond donors (Lipinski definition) is 0. The molecule has 184 valence electrons. The topological polar surface area (TPSA) is 69.0 Å². The molecule has 0 saturated heterocycles. The van der Waals surface area contributed by atoms with Gasteiger partial charge in [-0.15, -0.1) is 0 Å². The van der Waals surface area contributed by atoms with E-state index in [-0.39, 0.29) is 17.1 Å². The molecule has 1 aliphatic heterocycles. The fourth-order valence-electron chi connectivity index (χ4n) is 4.65. The average Bonchev–Trinajstić information content (AvgIpc) is 3.18. The SMILES string of the molecule is CCCOc1ccc(C2c3c(oc4ccc(Cl)cc4c3=O)C(=O)N2CCc2ccccc2)cc1OC. The molecule has 0 aliphatic carbocycles. The second-order valence-electron chi connectivity index (χ2n) is 8.71. The van der Waals surface area contributed by atoms with E-state index in [1.54, 1.807) is 30.2 Å². The van der Waals surface area contributed by atoms with Crippen molar-refractivity contribution in [2.75, 3.05) is 20.3 Å². The van der Waals surface area contributed by atoms with E-state index in [9.17, 15) is 9.59 Å². The van der Waals surface area contributed by atoms with Gasteiger partial charge < -0.3 is 18.8 Å². The summed E-state index contributed by atoms with van der Waals surface area (Å²) in [5.41, 5.74) is 2.22. The molecule has 1 amide bonds. The van der Waals surface area contributed by atoms with Crippen LogP contribution in [0.5, 0.6) is 11.5 Å². The molecule has 36 heavy (non-hydrogen) atoms. The first kappa shape index (κ1) is 23.9. The number of hydrogen-bond acceptors (Lipinski definition) is 5. The molecular weight excluding hydrogens is 478 g/mol. The normalized spacial score (nSPS) is 14.8. The number of halogens is 1. The first-order chi connectivity index (χ1) is 17.5. The number of nitrogens with zero attached hydrogens (tertiary/aromatic N) is 1. The molecule has 0 spiro atoms. The number of rotatable bonds is 8. The highest BCUT2D eigenvalue weighted by Gasteiger charge is 2.42. The Bertz CT molecular complexity index is 1480. The van der Waals surface area contributed by atoms with Crippen molar-refractivity contribution in [2.24, 2.45) is 0 Å². The molecule has 2 heterocycles. The molecule has 0 fully saturated rings. The fraction of sp³-hybridized carbons (Fsp3) is 0.241. The summed E-state index contributed by atoms with van der Waals surface area (Å²) in [6.07, 6.45) is 1.49. The van der Waals surface area contributed by atoms with E-state index in [1.165, 1.54) is 0 Å². The van der Waals surface area contributed by atoms with Gasteiger partial charge in [0.1, 0.15) is 5.58 Å². The molecule has 1 aromatic heterocycles. The predicted octanol–water partition coefficient (Wildman–Crippen LogP) is 6.03. The minimum atomic E-state index is -0.634. The lowest BCUT2D eigenvalue weighted by Crippen LogP contribution is -2.31. The molecule has 7 heteroatoms. The van der Waals surface area contributed by atoms with E-state index in [0.717, 1.165) is 17.5 Å². The van der Waals surface area contributed by atoms with Crippen LogP contribution < -0.4 is 14.9 Å². The molecule has 0 radical (unpaired) electrons. The quantitative estimate of drug-likeness (QED) is 0.293. The van der Waals surface area contributed by atoms with Crippen molar-refractivity contribution in [3.8, 4) is 11.5 Å². The van der Waals surface area contributed by atoms with Crippen LogP contribution in [0.15, 0.2) is 75.9 Å². The molecule has 1 aliphatic rings. The van der Waals surface area contributed by atoms with Gasteiger partial charge in [-0.1, -0.05) is 54.9 Å². The van der Waals surface area contributed by atoms with Gasteiger partial charge in [-0.2, -0.15) is 0 Å². The lowest BCUT2D eigenvalue weighted by atomic mass is 9.97. The van der Waals surface area contributed by atoms with Crippen molar-refractivity contribution in [1.29, 1.82) is 0 Å². The summed E-state index contributed by atoms with van der Waals surface area (Å²) in [7, 11) is 1.57. The Labute approximate surface area is 214 Å². The van der Waals surface area contributed by atoms with E-state index in [4.69, 9.17) is 25.5 Å². The molecule has 6 nitrogen and oxygen atoms in total. The van der Waals surface area contributed by atoms with Gasteiger partial charge >= 0.3 is 0 Å². The van der Waals surface area contributed by atoms with Gasteiger partial charge in [-0.3, -0.25) is 9.59 Å². The van der Waals surface area contributed by atoms with Crippen molar-refractivity contribution in [3.63, 3.8) is 0 Å². The van der Waals surface area contributed by atoms with Crippen LogP contribution in [-0.2, 0) is 6.42 Å². The predicted molar refractivity (Wildman–Crippen MR) is 139 cm³/mol. The number of methoxy groups -OCH3 is 1. The second kappa shape index (κ2) is 10.1. The van der Waals surface area contributed by atoms with Crippen LogP contribution in [0.3, 0.4) is 0 Å². The van der Waals surface area contributed by atoms with Crippen molar-refractivity contribution < 1.29 is 18.7 Å². The Kier molecular flexibility index (Phi) is 6.70. The second-order valence-corrected chi connectivity index (χ2v) is 9.15. The summed E-state index contributed by atoms with van der Waals surface area (Å²) >= 11 is 6.18. The van der Waals surface area contributed by atoms with Crippen LogP contribution >= 0.6 is 11.6 Å². The summed E-state index contributed by atoms with van der Waals surface area (Å²) in [4.78, 5) is 29.1. The summed E-state index contributed by atoms with van der Waals surface area (Å²) < 4.78 is 17.4. The molecule has 1 unspecified atom stereocenters. The van der Waals surface area contributed by atoms with Crippen LogP contribution in [0.1, 0.15) is 46.6 Å². The third-order valence-corrected chi connectivity index (χ3v) is 6.61. The molecule has 4 aromatic rings. The number of amides is 1. The van der Waals surface area contributed by atoms with Gasteiger partial charge in [0.2, 0.25) is 5.76 Å². The number of benzene rings is 3. The zero-order valence-corrected chi connectivity index (χ0v) is 20.9. The Hall–Kier alpha value is -3.77. The minimum Gasteiger partial charge on any atom is -0.493 e. The standard InChI is InChI=1S/C29H26ClNO5/c1-3-15-35-23-11-9-19(16-24(23)34-2)26-25-27(32)21-17-20(30)10-12-22(21)36-28(25)29(33)31(26)14-13-18-7-5-4-6-8-18/h4-12,16-17,26H,3,13-15H2,1-2H3. The first-order valence-electron chi connectivity index (χ1n) is 11.9. The van der Waals surface area contributed by atoms with Gasteiger partial charge in [0.25, 0.3) is 5.91 Å². The lowest BCUT2D eigenvalue weighted by Gasteiger charge is -2.26. The molecule has 0 N–H and O–H groups in total. The minimum absolute atomic E-state index is 0.0677. The maximum Gasteiger partial charge on any atom is 0.290 e. The van der Waals surface area contributed by atoms with Gasteiger partial charge in [0.05, 0.1) is 30.7 Å². The Morgan fingerprint density at radius 3 is 2.56 bits per heavy atom. The van der Waals surface area contributed by atoms with E-state index in [2.05, 4.69) is 0 Å². The number of ether oxygens (including phenoxy) is 2. The van der Waals surface area contributed by atoms with E-state index in [1.807, 2.05) is 55.5 Å². The number of carbonyl (C=O) groups is 1. The van der Waals surface area contributed by atoms with Gasteiger partial charge in [-0.05, 0) is 54.3 Å². The zero-order valence-electron chi connectivity index (χ0n) is 20.1.